The first-order valence-corrected chi connectivity index (χ1v) is 9.09. The Balaban J connectivity index is 1.34. The van der Waals surface area contributed by atoms with Crippen molar-refractivity contribution in [2.24, 2.45) is 0 Å². The lowest BCUT2D eigenvalue weighted by atomic mass is 10.0. The third kappa shape index (κ3) is 3.78. The highest BCUT2D eigenvalue weighted by molar-refractivity contribution is 6.31. The number of benzene rings is 1. The summed E-state index contributed by atoms with van der Waals surface area (Å²) < 4.78 is 5.14. The Morgan fingerprint density at radius 3 is 2.96 bits per heavy atom. The largest absolute Gasteiger partial charge is 0.467 e. The Bertz CT molecular complexity index is 980. The van der Waals surface area contributed by atoms with E-state index >= 15 is 0 Å². The number of H-pyrrole nitrogens is 1. The number of hydrogen-bond acceptors (Lipinski definition) is 3. The predicted octanol–water partition coefficient (Wildman–Crippen LogP) is 2.80. The van der Waals surface area contributed by atoms with Crippen molar-refractivity contribution in [1.82, 2.24) is 20.5 Å². The molecule has 4 rings (SSSR count). The van der Waals surface area contributed by atoms with Crippen molar-refractivity contribution in [3.05, 3.63) is 58.6 Å². The number of carbonyl (C=O) groups is 2. The fraction of sp³-hybridized carbons (Fsp3) is 0.263. The topological polar surface area (TPSA) is 90.4 Å². The van der Waals surface area contributed by atoms with Crippen LogP contribution in [0.5, 0.6) is 0 Å². The summed E-state index contributed by atoms with van der Waals surface area (Å²) in [6, 6.07) is 8.83. The van der Waals surface area contributed by atoms with Gasteiger partial charge in [-0.05, 0) is 30.3 Å². The number of fused-ring (bicyclic) bond motifs is 3. The second-order valence-electron chi connectivity index (χ2n) is 6.45. The van der Waals surface area contributed by atoms with Crippen LogP contribution >= 0.6 is 11.6 Å². The van der Waals surface area contributed by atoms with Gasteiger partial charge in [0.05, 0.1) is 19.4 Å². The average molecular weight is 387 g/mol. The van der Waals surface area contributed by atoms with Crippen molar-refractivity contribution in [2.75, 3.05) is 13.1 Å². The average Bonchev–Trinajstić information content (AvgIpc) is 3.31. The van der Waals surface area contributed by atoms with Crippen molar-refractivity contribution < 1.29 is 14.0 Å². The molecule has 3 heterocycles. The third-order valence-electron chi connectivity index (χ3n) is 4.69. The minimum Gasteiger partial charge on any atom is -0.467 e. The van der Waals surface area contributed by atoms with Crippen LogP contribution in [-0.4, -0.2) is 34.9 Å². The molecule has 27 heavy (non-hydrogen) atoms. The zero-order valence-electron chi connectivity index (χ0n) is 14.5. The molecule has 140 valence electrons. The normalized spacial score (nSPS) is 13.4. The summed E-state index contributed by atoms with van der Waals surface area (Å²) in [6.07, 6.45) is 2.29. The van der Waals surface area contributed by atoms with E-state index in [9.17, 15) is 9.59 Å². The Morgan fingerprint density at radius 2 is 2.15 bits per heavy atom. The zero-order valence-corrected chi connectivity index (χ0v) is 15.3. The van der Waals surface area contributed by atoms with Crippen LogP contribution in [0.3, 0.4) is 0 Å². The van der Waals surface area contributed by atoms with Crippen LogP contribution in [0.15, 0.2) is 41.0 Å². The van der Waals surface area contributed by atoms with Crippen molar-refractivity contribution >= 4 is 34.4 Å². The second kappa shape index (κ2) is 7.36. The Morgan fingerprint density at radius 1 is 1.26 bits per heavy atom. The molecule has 0 saturated carbocycles. The van der Waals surface area contributed by atoms with Gasteiger partial charge in [-0.1, -0.05) is 11.6 Å². The van der Waals surface area contributed by atoms with E-state index < -0.39 is 6.03 Å². The van der Waals surface area contributed by atoms with Gasteiger partial charge in [0.1, 0.15) is 5.76 Å². The molecular weight excluding hydrogens is 368 g/mol. The predicted molar refractivity (Wildman–Crippen MR) is 101 cm³/mol. The number of furan rings is 1. The number of nitrogens with zero attached hydrogens (tertiary/aromatic N) is 1. The van der Waals surface area contributed by atoms with Gasteiger partial charge < -0.3 is 24.9 Å². The maximum atomic E-state index is 12.5. The van der Waals surface area contributed by atoms with Gasteiger partial charge in [-0.2, -0.15) is 0 Å². The van der Waals surface area contributed by atoms with Crippen LogP contribution in [0.25, 0.3) is 10.9 Å². The quantitative estimate of drug-likeness (QED) is 0.644. The van der Waals surface area contributed by atoms with E-state index in [1.165, 1.54) is 0 Å². The number of aromatic nitrogens is 1. The number of nitrogens with one attached hydrogen (secondary N) is 3. The number of urea groups is 1. The van der Waals surface area contributed by atoms with Gasteiger partial charge in [0, 0.05) is 46.7 Å². The maximum absolute atomic E-state index is 12.5. The fourth-order valence-electron chi connectivity index (χ4n) is 3.31. The first-order valence-electron chi connectivity index (χ1n) is 8.71. The summed E-state index contributed by atoms with van der Waals surface area (Å²) in [5, 5.41) is 6.96. The van der Waals surface area contributed by atoms with Gasteiger partial charge in [-0.15, -0.1) is 0 Å². The summed E-state index contributed by atoms with van der Waals surface area (Å²) in [7, 11) is 0. The number of amides is 3. The number of halogens is 1. The van der Waals surface area contributed by atoms with E-state index in [0.717, 1.165) is 28.6 Å². The highest BCUT2D eigenvalue weighted by Gasteiger charge is 2.24. The molecule has 0 spiro atoms. The molecule has 0 atom stereocenters. The van der Waals surface area contributed by atoms with E-state index in [0.29, 0.717) is 23.9 Å². The van der Waals surface area contributed by atoms with E-state index in [1.807, 2.05) is 18.2 Å². The van der Waals surface area contributed by atoms with E-state index in [1.54, 1.807) is 23.3 Å². The smallest absolute Gasteiger partial charge is 0.315 e. The summed E-state index contributed by atoms with van der Waals surface area (Å²) in [5.74, 6) is 0.531. The van der Waals surface area contributed by atoms with Crippen molar-refractivity contribution in [3.63, 3.8) is 0 Å². The van der Waals surface area contributed by atoms with Gasteiger partial charge in [-0.3, -0.25) is 4.79 Å². The second-order valence-corrected chi connectivity index (χ2v) is 6.89. The molecule has 7 nitrogen and oxygen atoms in total. The van der Waals surface area contributed by atoms with Crippen LogP contribution in [0, 0.1) is 0 Å². The van der Waals surface area contributed by atoms with Gasteiger partial charge in [0.15, 0.2) is 0 Å². The molecule has 3 N–H and O–H groups in total. The molecule has 0 radical (unpaired) electrons. The molecule has 3 aromatic rings. The van der Waals surface area contributed by atoms with Gasteiger partial charge in [-0.25, -0.2) is 4.79 Å². The van der Waals surface area contributed by atoms with Crippen molar-refractivity contribution in [3.8, 4) is 0 Å². The van der Waals surface area contributed by atoms with Crippen LogP contribution in [0.2, 0.25) is 5.02 Å². The van der Waals surface area contributed by atoms with E-state index in [2.05, 4.69) is 15.6 Å². The summed E-state index contributed by atoms with van der Waals surface area (Å²) in [4.78, 5) is 29.5. The third-order valence-corrected chi connectivity index (χ3v) is 4.93. The highest BCUT2D eigenvalue weighted by Crippen LogP contribution is 2.29. The molecule has 1 aliphatic heterocycles. The number of aromatic amines is 1. The van der Waals surface area contributed by atoms with Gasteiger partial charge >= 0.3 is 6.03 Å². The van der Waals surface area contributed by atoms with Crippen LogP contribution < -0.4 is 10.6 Å². The molecule has 0 bridgehead atoms. The zero-order chi connectivity index (χ0) is 18.8. The first-order chi connectivity index (χ1) is 13.1. The molecular formula is C19H19ClN4O3. The lowest BCUT2D eigenvalue weighted by Gasteiger charge is -2.27. The number of carbonyl (C=O) groups excluding carboxylic acids is 2. The summed E-state index contributed by atoms with van der Waals surface area (Å²) in [6.45, 7) is 1.34. The Labute approximate surface area is 160 Å². The molecule has 2 aromatic heterocycles. The number of rotatable bonds is 4. The van der Waals surface area contributed by atoms with Crippen molar-refractivity contribution in [1.29, 1.82) is 0 Å². The molecule has 0 unspecified atom stereocenters. The highest BCUT2D eigenvalue weighted by atomic mass is 35.5. The monoisotopic (exact) mass is 386 g/mol. The molecule has 0 saturated heterocycles. The molecule has 3 amide bonds. The standard InChI is InChI=1S/C19H19ClN4O3/c20-12-3-4-16-14(8-12)15-11-24(6-5-17(15)23-16)18(25)10-22-19(26)21-9-13-2-1-7-27-13/h1-4,7-8,23H,5-6,9-11H2,(H2,21,22,26). The Hall–Kier alpha value is -2.93. The fourth-order valence-corrected chi connectivity index (χ4v) is 3.48. The Kier molecular flexibility index (Phi) is 4.77. The van der Waals surface area contributed by atoms with E-state index in [-0.39, 0.29) is 19.0 Å². The van der Waals surface area contributed by atoms with Crippen LogP contribution in [0.4, 0.5) is 4.79 Å². The lowest BCUT2D eigenvalue weighted by Crippen LogP contribution is -2.45. The minimum absolute atomic E-state index is 0.0531. The van der Waals surface area contributed by atoms with Crippen LogP contribution in [0.1, 0.15) is 17.0 Å². The molecule has 0 aliphatic carbocycles. The molecule has 1 aliphatic rings. The maximum Gasteiger partial charge on any atom is 0.315 e. The summed E-state index contributed by atoms with van der Waals surface area (Å²) >= 11 is 6.11. The number of hydrogen-bond donors (Lipinski definition) is 3. The molecule has 0 fully saturated rings. The summed E-state index contributed by atoms with van der Waals surface area (Å²) in [5.41, 5.74) is 3.25. The lowest BCUT2D eigenvalue weighted by molar-refractivity contribution is -0.130. The van der Waals surface area contributed by atoms with E-state index in [4.69, 9.17) is 16.0 Å². The first kappa shape index (κ1) is 17.5. The molecule has 8 heteroatoms. The minimum atomic E-state index is -0.406. The van der Waals surface area contributed by atoms with Crippen molar-refractivity contribution in [2.45, 2.75) is 19.5 Å². The van der Waals surface area contributed by atoms with Crippen LogP contribution in [-0.2, 0) is 24.3 Å². The SMILES string of the molecule is O=C(NCC(=O)N1CCc2[nH]c3ccc(Cl)cc3c2C1)NCc1ccco1. The van der Waals surface area contributed by atoms with Gasteiger partial charge in [0.2, 0.25) is 5.91 Å². The van der Waals surface area contributed by atoms with Gasteiger partial charge in [0.25, 0.3) is 0 Å². The molecule has 1 aromatic carbocycles.